The zero-order valence-corrected chi connectivity index (χ0v) is 12.0. The lowest BCUT2D eigenvalue weighted by molar-refractivity contribution is 0.411. The lowest BCUT2D eigenvalue weighted by atomic mass is 9.88. The van der Waals surface area contributed by atoms with Gasteiger partial charge in [-0.15, -0.1) is 0 Å². The third kappa shape index (κ3) is 2.02. The van der Waals surface area contributed by atoms with Crippen LogP contribution in [-0.2, 0) is 0 Å². The smallest absolute Gasteiger partial charge is 0.0799 e. The van der Waals surface area contributed by atoms with Crippen LogP contribution in [0, 0.1) is 0 Å². The standard InChI is InChI=1S/C20H17N/c1-15-6-5-12-21-13-11-17-9-10-18(14-19(17)20(15)21)16-7-3-2-4-8-16/h2-14,20H,1H3. The molecule has 0 N–H and O–H groups in total. The molecule has 1 atom stereocenters. The molecule has 102 valence electrons. The normalized spacial score (nSPS) is 19.0. The summed E-state index contributed by atoms with van der Waals surface area (Å²) >= 11 is 0. The molecule has 0 fully saturated rings. The quantitative estimate of drug-likeness (QED) is 0.693. The van der Waals surface area contributed by atoms with Gasteiger partial charge in [-0.1, -0.05) is 48.5 Å². The predicted octanol–water partition coefficient (Wildman–Crippen LogP) is 5.15. The molecule has 1 heteroatoms. The van der Waals surface area contributed by atoms with E-state index in [-0.39, 0.29) is 0 Å². The Bertz CT molecular complexity index is 766. The maximum atomic E-state index is 2.34. The number of rotatable bonds is 1. The summed E-state index contributed by atoms with van der Waals surface area (Å²) in [6, 6.07) is 17.7. The third-order valence-corrected chi connectivity index (χ3v) is 4.26. The molecule has 1 unspecified atom stereocenters. The van der Waals surface area contributed by atoms with Crippen molar-refractivity contribution in [3.8, 4) is 11.1 Å². The fourth-order valence-corrected chi connectivity index (χ4v) is 3.19. The Labute approximate surface area is 125 Å². The Balaban J connectivity index is 1.85. The van der Waals surface area contributed by atoms with Crippen LogP contribution < -0.4 is 0 Å². The van der Waals surface area contributed by atoms with Crippen LogP contribution in [0.1, 0.15) is 24.1 Å². The van der Waals surface area contributed by atoms with Crippen LogP contribution in [0.3, 0.4) is 0 Å². The molecule has 0 saturated carbocycles. The van der Waals surface area contributed by atoms with E-state index < -0.39 is 0 Å². The minimum absolute atomic E-state index is 0.332. The summed E-state index contributed by atoms with van der Waals surface area (Å²) in [7, 11) is 0. The Morgan fingerprint density at radius 1 is 0.905 bits per heavy atom. The highest BCUT2D eigenvalue weighted by atomic mass is 15.1. The van der Waals surface area contributed by atoms with Crippen molar-refractivity contribution < 1.29 is 0 Å². The van der Waals surface area contributed by atoms with Gasteiger partial charge < -0.3 is 4.90 Å². The summed E-state index contributed by atoms with van der Waals surface area (Å²) in [5.74, 6) is 0. The van der Waals surface area contributed by atoms with Crippen molar-refractivity contribution in [2.45, 2.75) is 13.0 Å². The molecule has 0 spiro atoms. The van der Waals surface area contributed by atoms with Gasteiger partial charge >= 0.3 is 0 Å². The molecule has 0 aromatic heterocycles. The molecular weight excluding hydrogens is 254 g/mol. The van der Waals surface area contributed by atoms with E-state index in [1.165, 1.54) is 27.8 Å². The molecule has 2 aliphatic heterocycles. The summed E-state index contributed by atoms with van der Waals surface area (Å²) in [6.07, 6.45) is 10.8. The number of nitrogens with zero attached hydrogens (tertiary/aromatic N) is 1. The van der Waals surface area contributed by atoms with Gasteiger partial charge in [0.25, 0.3) is 0 Å². The number of fused-ring (bicyclic) bond motifs is 3. The van der Waals surface area contributed by atoms with Gasteiger partial charge in [-0.2, -0.15) is 0 Å². The van der Waals surface area contributed by atoms with Gasteiger partial charge in [-0.25, -0.2) is 0 Å². The molecule has 4 rings (SSSR count). The van der Waals surface area contributed by atoms with Gasteiger partial charge in [0.05, 0.1) is 6.04 Å². The molecular formula is C20H17N. The Hall–Kier alpha value is -2.54. The summed E-state index contributed by atoms with van der Waals surface area (Å²) in [5, 5.41) is 0. The molecule has 0 radical (unpaired) electrons. The molecule has 0 bridgehead atoms. The van der Waals surface area contributed by atoms with Gasteiger partial charge in [0.2, 0.25) is 0 Å². The zero-order valence-electron chi connectivity index (χ0n) is 12.0. The molecule has 1 nitrogen and oxygen atoms in total. The van der Waals surface area contributed by atoms with E-state index in [4.69, 9.17) is 0 Å². The molecule has 2 aliphatic rings. The summed E-state index contributed by atoms with van der Waals surface area (Å²) in [6.45, 7) is 2.21. The van der Waals surface area contributed by atoms with Crippen LogP contribution in [0.15, 0.2) is 78.7 Å². The van der Waals surface area contributed by atoms with Gasteiger partial charge in [-0.3, -0.25) is 0 Å². The van der Waals surface area contributed by atoms with Gasteiger partial charge in [0, 0.05) is 12.4 Å². The minimum atomic E-state index is 0.332. The number of hydrogen-bond donors (Lipinski definition) is 0. The third-order valence-electron chi connectivity index (χ3n) is 4.26. The first-order valence-electron chi connectivity index (χ1n) is 7.33. The van der Waals surface area contributed by atoms with Crippen molar-refractivity contribution in [2.75, 3.05) is 0 Å². The fourth-order valence-electron chi connectivity index (χ4n) is 3.19. The molecule has 2 aromatic rings. The molecule has 21 heavy (non-hydrogen) atoms. The van der Waals surface area contributed by atoms with E-state index in [0.717, 1.165) is 0 Å². The second-order valence-corrected chi connectivity index (χ2v) is 5.63. The predicted molar refractivity (Wildman–Crippen MR) is 88.4 cm³/mol. The van der Waals surface area contributed by atoms with Crippen LogP contribution in [-0.4, -0.2) is 4.90 Å². The Morgan fingerprint density at radius 2 is 1.76 bits per heavy atom. The van der Waals surface area contributed by atoms with Crippen molar-refractivity contribution in [2.24, 2.45) is 0 Å². The highest BCUT2D eigenvalue weighted by Crippen LogP contribution is 2.39. The van der Waals surface area contributed by atoms with Crippen LogP contribution >= 0.6 is 0 Å². The molecule has 0 saturated heterocycles. The van der Waals surface area contributed by atoms with Gasteiger partial charge in [-0.05, 0) is 53.0 Å². The highest BCUT2D eigenvalue weighted by molar-refractivity contribution is 5.70. The first kappa shape index (κ1) is 12.2. The van der Waals surface area contributed by atoms with E-state index in [9.17, 15) is 0 Å². The van der Waals surface area contributed by atoms with E-state index in [1.54, 1.807) is 0 Å². The van der Waals surface area contributed by atoms with E-state index in [2.05, 4.69) is 91.0 Å². The molecule has 0 aliphatic carbocycles. The first-order chi connectivity index (χ1) is 10.3. The van der Waals surface area contributed by atoms with Crippen molar-refractivity contribution in [1.82, 2.24) is 4.90 Å². The summed E-state index contributed by atoms with van der Waals surface area (Å²) < 4.78 is 0. The summed E-state index contributed by atoms with van der Waals surface area (Å²) in [4.78, 5) is 2.28. The van der Waals surface area contributed by atoms with Crippen molar-refractivity contribution in [1.29, 1.82) is 0 Å². The zero-order chi connectivity index (χ0) is 14.2. The van der Waals surface area contributed by atoms with Crippen LogP contribution in [0.2, 0.25) is 0 Å². The van der Waals surface area contributed by atoms with Crippen molar-refractivity contribution >= 4 is 6.08 Å². The Morgan fingerprint density at radius 3 is 2.62 bits per heavy atom. The van der Waals surface area contributed by atoms with Crippen molar-refractivity contribution in [3.05, 3.63) is 89.8 Å². The molecule has 2 aromatic carbocycles. The van der Waals surface area contributed by atoms with Crippen molar-refractivity contribution in [3.63, 3.8) is 0 Å². The molecule has 0 amide bonds. The maximum absolute atomic E-state index is 2.34. The topological polar surface area (TPSA) is 3.24 Å². The minimum Gasteiger partial charge on any atom is -0.343 e. The SMILES string of the molecule is CC1=CC=CN2C=Cc3ccc(-c4ccccc4)cc3C12. The van der Waals surface area contributed by atoms with E-state index >= 15 is 0 Å². The number of hydrogen-bond acceptors (Lipinski definition) is 1. The number of benzene rings is 2. The lowest BCUT2D eigenvalue weighted by Crippen LogP contribution is -2.24. The Kier molecular flexibility index (Phi) is 2.78. The first-order valence-corrected chi connectivity index (χ1v) is 7.33. The molecule has 2 heterocycles. The van der Waals surface area contributed by atoms with E-state index in [0.29, 0.717) is 6.04 Å². The largest absolute Gasteiger partial charge is 0.343 e. The fraction of sp³-hybridized carbons (Fsp3) is 0.100. The van der Waals surface area contributed by atoms with Gasteiger partial charge in [0.15, 0.2) is 0 Å². The average molecular weight is 271 g/mol. The maximum Gasteiger partial charge on any atom is 0.0799 e. The second-order valence-electron chi connectivity index (χ2n) is 5.63. The van der Waals surface area contributed by atoms with E-state index in [1.807, 2.05) is 0 Å². The summed E-state index contributed by atoms with van der Waals surface area (Å²) in [5.41, 5.74) is 6.64. The monoisotopic (exact) mass is 271 g/mol. The van der Waals surface area contributed by atoms with Crippen LogP contribution in [0.5, 0.6) is 0 Å². The second kappa shape index (κ2) is 4.78. The van der Waals surface area contributed by atoms with Crippen LogP contribution in [0.25, 0.3) is 17.2 Å². The average Bonchev–Trinajstić information content (AvgIpc) is 2.55. The van der Waals surface area contributed by atoms with Crippen LogP contribution in [0.4, 0.5) is 0 Å². The van der Waals surface area contributed by atoms with Gasteiger partial charge in [0.1, 0.15) is 0 Å². The number of allylic oxidation sites excluding steroid dienone is 2. The lowest BCUT2D eigenvalue weighted by Gasteiger charge is -2.35. The highest BCUT2D eigenvalue weighted by Gasteiger charge is 2.25.